The van der Waals surface area contributed by atoms with Gasteiger partial charge in [-0.1, -0.05) is 0 Å². The Morgan fingerprint density at radius 3 is 2.40 bits per heavy atom. The summed E-state index contributed by atoms with van der Waals surface area (Å²) in [5.41, 5.74) is 0.766. The summed E-state index contributed by atoms with van der Waals surface area (Å²) < 4.78 is 15.4. The summed E-state index contributed by atoms with van der Waals surface area (Å²) in [5.74, 6) is 1.35. The first-order valence-corrected chi connectivity index (χ1v) is 4.70. The molecule has 1 aromatic carbocycles. The molecule has 0 fully saturated rings. The van der Waals surface area contributed by atoms with E-state index in [1.54, 1.807) is 32.4 Å². The van der Waals surface area contributed by atoms with Crippen molar-refractivity contribution < 1.29 is 19.3 Å². The van der Waals surface area contributed by atoms with Gasteiger partial charge in [0.1, 0.15) is 18.1 Å². The maximum absolute atomic E-state index is 9.02. The molecule has 0 atom stereocenters. The van der Waals surface area contributed by atoms with Gasteiger partial charge in [0, 0.05) is 13.2 Å². The van der Waals surface area contributed by atoms with E-state index in [0.717, 1.165) is 5.56 Å². The molecule has 15 heavy (non-hydrogen) atoms. The molecule has 0 aromatic heterocycles. The van der Waals surface area contributed by atoms with Crippen molar-refractivity contribution in [3.8, 4) is 11.5 Å². The van der Waals surface area contributed by atoms with Gasteiger partial charge in [0.2, 0.25) is 0 Å². The van der Waals surface area contributed by atoms with Gasteiger partial charge in [0.05, 0.1) is 20.3 Å². The Morgan fingerprint density at radius 1 is 1.07 bits per heavy atom. The van der Waals surface area contributed by atoms with Gasteiger partial charge in [0.25, 0.3) is 0 Å². The molecule has 0 bridgehead atoms. The Labute approximate surface area is 89.4 Å². The summed E-state index contributed by atoms with van der Waals surface area (Å²) in [6, 6.07) is 5.32. The van der Waals surface area contributed by atoms with Gasteiger partial charge in [-0.15, -0.1) is 0 Å². The molecule has 1 aromatic rings. The highest BCUT2D eigenvalue weighted by Gasteiger charge is 2.01. The van der Waals surface area contributed by atoms with Gasteiger partial charge in [-0.25, -0.2) is 0 Å². The summed E-state index contributed by atoms with van der Waals surface area (Å²) in [4.78, 5) is 0. The predicted molar refractivity (Wildman–Crippen MR) is 56.3 cm³/mol. The van der Waals surface area contributed by atoms with Crippen LogP contribution in [-0.2, 0) is 11.3 Å². The van der Waals surface area contributed by atoms with E-state index < -0.39 is 0 Å². The minimum Gasteiger partial charge on any atom is -0.497 e. The smallest absolute Gasteiger partial charge is 0.123 e. The molecule has 0 amide bonds. The van der Waals surface area contributed by atoms with Crippen LogP contribution in [0, 0.1) is 0 Å². The Balaban J connectivity index is 2.68. The summed E-state index contributed by atoms with van der Waals surface area (Å²) in [6.07, 6.45) is 0. The van der Waals surface area contributed by atoms with Crippen molar-refractivity contribution in [3.63, 3.8) is 0 Å². The quantitative estimate of drug-likeness (QED) is 0.720. The van der Waals surface area contributed by atoms with Crippen molar-refractivity contribution in [1.29, 1.82) is 0 Å². The molecule has 4 heteroatoms. The van der Waals surface area contributed by atoms with Gasteiger partial charge < -0.3 is 19.3 Å². The van der Waals surface area contributed by atoms with Crippen LogP contribution in [0.25, 0.3) is 0 Å². The molecule has 0 aliphatic carbocycles. The Kier molecular flexibility index (Phi) is 4.93. The van der Waals surface area contributed by atoms with Crippen molar-refractivity contribution in [3.05, 3.63) is 23.8 Å². The first-order chi connectivity index (χ1) is 7.30. The monoisotopic (exact) mass is 212 g/mol. The van der Waals surface area contributed by atoms with Crippen LogP contribution in [0.1, 0.15) is 5.56 Å². The third-order valence-corrected chi connectivity index (χ3v) is 1.91. The minimum atomic E-state index is -0.0299. The fourth-order valence-corrected chi connectivity index (χ4v) is 1.17. The lowest BCUT2D eigenvalue weighted by atomic mass is 10.2. The van der Waals surface area contributed by atoms with Crippen LogP contribution in [0.15, 0.2) is 18.2 Å². The molecule has 1 N–H and O–H groups in total. The second kappa shape index (κ2) is 6.27. The molecule has 0 heterocycles. The van der Waals surface area contributed by atoms with E-state index >= 15 is 0 Å². The highest BCUT2D eigenvalue weighted by molar-refractivity contribution is 5.38. The number of hydrogen-bond donors (Lipinski definition) is 1. The number of benzene rings is 1. The molecule has 0 unspecified atom stereocenters. The van der Waals surface area contributed by atoms with Gasteiger partial charge in [-0.05, 0) is 17.7 Å². The Morgan fingerprint density at radius 2 is 1.80 bits per heavy atom. The molecule has 0 saturated heterocycles. The van der Waals surface area contributed by atoms with Gasteiger partial charge >= 0.3 is 0 Å². The van der Waals surface area contributed by atoms with Crippen LogP contribution in [-0.4, -0.2) is 32.5 Å². The van der Waals surface area contributed by atoms with Crippen molar-refractivity contribution in [1.82, 2.24) is 0 Å². The van der Waals surface area contributed by atoms with Crippen LogP contribution in [0.4, 0.5) is 0 Å². The van der Waals surface area contributed by atoms with Crippen LogP contribution in [0.2, 0.25) is 0 Å². The lowest BCUT2D eigenvalue weighted by Gasteiger charge is -2.09. The maximum Gasteiger partial charge on any atom is 0.123 e. The second-order valence-electron chi connectivity index (χ2n) is 3.02. The standard InChI is InChI=1S/C11H16O4/c1-13-3-4-15-11-6-9(8-12)5-10(7-11)14-2/h5-7,12H,3-4,8H2,1-2H3. The highest BCUT2D eigenvalue weighted by atomic mass is 16.5. The fourth-order valence-electron chi connectivity index (χ4n) is 1.17. The number of aliphatic hydroxyl groups is 1. The predicted octanol–water partition coefficient (Wildman–Crippen LogP) is 1.21. The molecule has 1 rings (SSSR count). The molecule has 0 aliphatic heterocycles. The van der Waals surface area contributed by atoms with Crippen LogP contribution in [0.3, 0.4) is 0 Å². The Hall–Kier alpha value is -1.26. The topological polar surface area (TPSA) is 47.9 Å². The summed E-state index contributed by atoms with van der Waals surface area (Å²) in [5, 5.41) is 9.02. The number of ether oxygens (including phenoxy) is 3. The lowest BCUT2D eigenvalue weighted by Crippen LogP contribution is -2.04. The minimum absolute atomic E-state index is 0.0299. The van der Waals surface area contributed by atoms with Crippen molar-refractivity contribution in [2.24, 2.45) is 0 Å². The van der Waals surface area contributed by atoms with Crippen molar-refractivity contribution in [2.75, 3.05) is 27.4 Å². The van der Waals surface area contributed by atoms with Crippen molar-refractivity contribution in [2.45, 2.75) is 6.61 Å². The molecular weight excluding hydrogens is 196 g/mol. The summed E-state index contributed by atoms with van der Waals surface area (Å²) in [7, 11) is 3.20. The van der Waals surface area contributed by atoms with Gasteiger partial charge in [-0.3, -0.25) is 0 Å². The second-order valence-corrected chi connectivity index (χ2v) is 3.02. The third-order valence-electron chi connectivity index (χ3n) is 1.91. The zero-order valence-corrected chi connectivity index (χ0v) is 9.03. The lowest BCUT2D eigenvalue weighted by molar-refractivity contribution is 0.146. The molecule has 84 valence electrons. The van der Waals surface area contributed by atoms with Crippen molar-refractivity contribution >= 4 is 0 Å². The first-order valence-electron chi connectivity index (χ1n) is 4.70. The van der Waals surface area contributed by atoms with E-state index in [0.29, 0.717) is 24.7 Å². The number of aliphatic hydroxyl groups excluding tert-OH is 1. The zero-order valence-electron chi connectivity index (χ0n) is 9.03. The number of rotatable bonds is 6. The molecule has 0 saturated carbocycles. The molecule has 4 nitrogen and oxygen atoms in total. The average Bonchev–Trinajstić information content (AvgIpc) is 2.29. The highest BCUT2D eigenvalue weighted by Crippen LogP contribution is 2.22. The molecule has 0 aliphatic rings. The van der Waals surface area contributed by atoms with E-state index in [1.807, 2.05) is 0 Å². The molecule has 0 spiro atoms. The van der Waals surface area contributed by atoms with E-state index in [4.69, 9.17) is 19.3 Å². The third kappa shape index (κ3) is 3.77. The van der Waals surface area contributed by atoms with Gasteiger partial charge in [-0.2, -0.15) is 0 Å². The average molecular weight is 212 g/mol. The molecule has 0 radical (unpaired) electrons. The zero-order chi connectivity index (χ0) is 11.1. The summed E-state index contributed by atoms with van der Waals surface area (Å²) >= 11 is 0. The first kappa shape index (κ1) is 11.8. The van der Waals surface area contributed by atoms with E-state index in [2.05, 4.69) is 0 Å². The van der Waals surface area contributed by atoms with E-state index in [1.165, 1.54) is 0 Å². The maximum atomic E-state index is 9.02. The number of methoxy groups -OCH3 is 2. The van der Waals surface area contributed by atoms with Gasteiger partial charge in [0.15, 0.2) is 0 Å². The Bertz CT molecular complexity index is 276. The van der Waals surface area contributed by atoms with E-state index in [9.17, 15) is 0 Å². The SMILES string of the molecule is COCCOc1cc(CO)cc(OC)c1. The fraction of sp³-hybridized carbons (Fsp3) is 0.455. The molecular formula is C11H16O4. The normalized spacial score (nSPS) is 10.1. The summed E-state index contributed by atoms with van der Waals surface area (Å²) in [6.45, 7) is 0.984. The van der Waals surface area contributed by atoms with Crippen LogP contribution in [0.5, 0.6) is 11.5 Å². The van der Waals surface area contributed by atoms with Crippen LogP contribution >= 0.6 is 0 Å². The number of hydrogen-bond acceptors (Lipinski definition) is 4. The van der Waals surface area contributed by atoms with Crippen LogP contribution < -0.4 is 9.47 Å². The van der Waals surface area contributed by atoms with E-state index in [-0.39, 0.29) is 6.61 Å². The largest absolute Gasteiger partial charge is 0.497 e.